The Balaban J connectivity index is 1.74. The Morgan fingerprint density at radius 2 is 1.92 bits per heavy atom. The zero-order valence-corrected chi connectivity index (χ0v) is 21.9. The van der Waals surface area contributed by atoms with Crippen LogP contribution in [0.2, 0.25) is 0 Å². The fraction of sp³-hybridized carbons (Fsp3) is 0.333. The summed E-state index contributed by atoms with van der Waals surface area (Å²) in [7, 11) is 0. The second kappa shape index (κ2) is 12.5. The molecule has 3 aromatic rings. The number of anilines is 1. The highest BCUT2D eigenvalue weighted by Gasteiger charge is 2.35. The predicted molar refractivity (Wildman–Crippen MR) is 144 cm³/mol. The summed E-state index contributed by atoms with van der Waals surface area (Å²) in [6.45, 7) is 3.47. The number of benzene rings is 2. The monoisotopic (exact) mass is 537 g/mol. The van der Waals surface area contributed by atoms with Crippen LogP contribution in [0.5, 0.6) is 5.75 Å². The van der Waals surface area contributed by atoms with E-state index in [2.05, 4.69) is 9.69 Å². The van der Waals surface area contributed by atoms with Gasteiger partial charge in [0.05, 0.1) is 18.4 Å². The molecule has 0 aliphatic carbocycles. The fourth-order valence-electron chi connectivity index (χ4n) is 4.32. The van der Waals surface area contributed by atoms with E-state index in [1.165, 1.54) is 4.90 Å². The zero-order valence-electron chi connectivity index (χ0n) is 21.1. The summed E-state index contributed by atoms with van der Waals surface area (Å²) in [4.78, 5) is 41.0. The Labute approximate surface area is 225 Å². The number of aromatic nitrogens is 1. The van der Waals surface area contributed by atoms with E-state index in [-0.39, 0.29) is 34.8 Å². The second-order valence-electron chi connectivity index (χ2n) is 8.84. The lowest BCUT2D eigenvalue weighted by molar-refractivity contribution is -0.126. The third-order valence-electron chi connectivity index (χ3n) is 6.21. The van der Waals surface area contributed by atoms with E-state index >= 15 is 0 Å². The lowest BCUT2D eigenvalue weighted by Crippen LogP contribution is -2.45. The number of nitrogen functional groups attached to an aromatic ring is 1. The molecule has 0 unspecified atom stereocenters. The number of primary amides is 1. The van der Waals surface area contributed by atoms with Crippen molar-refractivity contribution >= 4 is 34.9 Å². The van der Waals surface area contributed by atoms with Gasteiger partial charge >= 0.3 is 0 Å². The highest BCUT2D eigenvalue weighted by Crippen LogP contribution is 2.31. The van der Waals surface area contributed by atoms with E-state index in [0.717, 1.165) is 29.9 Å². The number of hydrogen-bond acceptors (Lipinski definition) is 8. The number of nitrogens with two attached hydrogens (primary N) is 2. The van der Waals surface area contributed by atoms with Crippen LogP contribution in [0.3, 0.4) is 0 Å². The molecule has 11 heteroatoms. The van der Waals surface area contributed by atoms with Crippen LogP contribution in [-0.2, 0) is 16.1 Å². The largest absolute Gasteiger partial charge is 0.494 e. The number of nitrogens with zero attached hydrogens (tertiary/aromatic N) is 2. The van der Waals surface area contributed by atoms with Gasteiger partial charge < -0.3 is 31.2 Å². The molecule has 0 radical (unpaired) electrons. The summed E-state index contributed by atoms with van der Waals surface area (Å²) < 4.78 is 15.2. The van der Waals surface area contributed by atoms with Gasteiger partial charge in [0.1, 0.15) is 16.7 Å². The maximum absolute atomic E-state index is 14.0. The standard InChI is InChI=1S/C27H31N5O5S/c1-2-36-19-12-10-18(11-13-19)23(26(34)30-15-20-9-6-14-37-20)32(16-17-7-4-3-5-8-17)27(35)24-21(28)22(25(29)33)31-38-24/h3-5,7-8,10-13,20,23H,2,6,9,14-16,28H2,1H3,(H2,29,33)(H,30,34)/t20-,23-/m0/s1. The number of carbonyl (C=O) groups is 3. The van der Waals surface area contributed by atoms with Crippen molar-refractivity contribution < 1.29 is 23.9 Å². The molecule has 1 aliphatic rings. The zero-order chi connectivity index (χ0) is 27.1. The smallest absolute Gasteiger partial charge is 0.270 e. The summed E-state index contributed by atoms with van der Waals surface area (Å²) in [5.41, 5.74) is 12.6. The number of nitrogens with one attached hydrogen (secondary N) is 1. The maximum atomic E-state index is 14.0. The molecule has 10 nitrogen and oxygen atoms in total. The van der Waals surface area contributed by atoms with Gasteiger partial charge in [-0.1, -0.05) is 42.5 Å². The molecule has 0 spiro atoms. The normalized spacial score (nSPS) is 15.6. The molecule has 2 heterocycles. The minimum absolute atomic E-state index is 0.0394. The van der Waals surface area contributed by atoms with Crippen LogP contribution in [0, 0.1) is 0 Å². The Hall–Kier alpha value is -3.96. The third-order valence-corrected chi connectivity index (χ3v) is 7.06. The molecular formula is C27H31N5O5S. The summed E-state index contributed by atoms with van der Waals surface area (Å²) in [5.74, 6) is -1.09. The fourth-order valence-corrected chi connectivity index (χ4v) is 5.08. The van der Waals surface area contributed by atoms with Gasteiger partial charge in [0.25, 0.3) is 11.8 Å². The average Bonchev–Trinajstić information content (AvgIpc) is 3.58. The number of hydrogen-bond donors (Lipinski definition) is 3. The van der Waals surface area contributed by atoms with Crippen LogP contribution in [0.4, 0.5) is 5.69 Å². The van der Waals surface area contributed by atoms with E-state index in [9.17, 15) is 14.4 Å². The second-order valence-corrected chi connectivity index (χ2v) is 9.62. The summed E-state index contributed by atoms with van der Waals surface area (Å²) in [6, 6.07) is 15.3. The van der Waals surface area contributed by atoms with Crippen LogP contribution in [-0.4, -0.2) is 52.9 Å². The van der Waals surface area contributed by atoms with Crippen molar-refractivity contribution in [1.82, 2.24) is 14.6 Å². The first-order valence-corrected chi connectivity index (χ1v) is 13.2. The van der Waals surface area contributed by atoms with Crippen LogP contribution in [0.1, 0.15) is 57.1 Å². The minimum atomic E-state index is -1.02. The molecule has 0 saturated carbocycles. The molecule has 5 N–H and O–H groups in total. The van der Waals surface area contributed by atoms with Gasteiger partial charge in [-0.15, -0.1) is 0 Å². The maximum Gasteiger partial charge on any atom is 0.270 e. The van der Waals surface area contributed by atoms with Crippen molar-refractivity contribution in [3.05, 3.63) is 76.3 Å². The van der Waals surface area contributed by atoms with Crippen molar-refractivity contribution in [1.29, 1.82) is 0 Å². The average molecular weight is 538 g/mol. The summed E-state index contributed by atoms with van der Waals surface area (Å²) in [5, 5.41) is 2.97. The molecule has 38 heavy (non-hydrogen) atoms. The van der Waals surface area contributed by atoms with Crippen molar-refractivity contribution in [3.8, 4) is 5.75 Å². The summed E-state index contributed by atoms with van der Waals surface area (Å²) >= 11 is 0.780. The Morgan fingerprint density at radius 1 is 1.18 bits per heavy atom. The lowest BCUT2D eigenvalue weighted by atomic mass is 10.0. The number of amides is 3. The van der Waals surface area contributed by atoms with Gasteiger partial charge in [0.15, 0.2) is 5.69 Å². The molecule has 1 saturated heterocycles. The number of ether oxygens (including phenoxy) is 2. The number of carbonyl (C=O) groups excluding carboxylic acids is 3. The predicted octanol–water partition coefficient (Wildman–Crippen LogP) is 2.90. The van der Waals surface area contributed by atoms with Gasteiger partial charge in [-0.3, -0.25) is 14.4 Å². The molecule has 3 amide bonds. The highest BCUT2D eigenvalue weighted by molar-refractivity contribution is 7.09. The first-order chi connectivity index (χ1) is 18.4. The topological polar surface area (TPSA) is 150 Å². The molecule has 2 atom stereocenters. The Kier molecular flexibility index (Phi) is 8.93. The Morgan fingerprint density at radius 3 is 2.53 bits per heavy atom. The lowest BCUT2D eigenvalue weighted by Gasteiger charge is -2.31. The van der Waals surface area contributed by atoms with Crippen LogP contribution >= 0.6 is 11.5 Å². The Bertz CT molecular complexity index is 1260. The van der Waals surface area contributed by atoms with E-state index < -0.39 is 17.9 Å². The van der Waals surface area contributed by atoms with E-state index in [1.54, 1.807) is 24.3 Å². The first-order valence-electron chi connectivity index (χ1n) is 12.4. The van der Waals surface area contributed by atoms with Gasteiger partial charge in [-0.25, -0.2) is 0 Å². The van der Waals surface area contributed by atoms with Crippen molar-refractivity contribution in [2.45, 2.75) is 38.5 Å². The van der Waals surface area contributed by atoms with Crippen LogP contribution in [0.15, 0.2) is 54.6 Å². The molecule has 2 aromatic carbocycles. The minimum Gasteiger partial charge on any atom is -0.494 e. The molecule has 4 rings (SSSR count). The molecule has 200 valence electrons. The molecule has 0 bridgehead atoms. The van der Waals surface area contributed by atoms with Crippen molar-refractivity contribution in [3.63, 3.8) is 0 Å². The van der Waals surface area contributed by atoms with Crippen LogP contribution < -0.4 is 21.5 Å². The van der Waals surface area contributed by atoms with Gasteiger partial charge in [-0.2, -0.15) is 4.37 Å². The van der Waals surface area contributed by atoms with Gasteiger partial charge in [-0.05, 0) is 54.6 Å². The van der Waals surface area contributed by atoms with E-state index in [1.807, 2.05) is 37.3 Å². The third kappa shape index (κ3) is 6.29. The highest BCUT2D eigenvalue weighted by atomic mass is 32.1. The molecular weight excluding hydrogens is 506 g/mol. The molecule has 1 fully saturated rings. The van der Waals surface area contributed by atoms with Crippen molar-refractivity contribution in [2.75, 3.05) is 25.5 Å². The quantitative estimate of drug-likeness (QED) is 0.340. The number of rotatable bonds is 11. The van der Waals surface area contributed by atoms with Crippen LogP contribution in [0.25, 0.3) is 0 Å². The SMILES string of the molecule is CCOc1ccc([C@@H](C(=O)NC[C@@H]2CCCO2)N(Cc2ccccc2)C(=O)c2snc(C(N)=O)c2N)cc1. The van der Waals surface area contributed by atoms with E-state index in [0.29, 0.717) is 31.1 Å². The van der Waals surface area contributed by atoms with E-state index in [4.69, 9.17) is 20.9 Å². The summed E-state index contributed by atoms with van der Waals surface area (Å²) in [6.07, 6.45) is 1.72. The van der Waals surface area contributed by atoms with Crippen molar-refractivity contribution in [2.24, 2.45) is 5.73 Å². The molecule has 1 aromatic heterocycles. The van der Waals surface area contributed by atoms with Gasteiger partial charge in [0, 0.05) is 19.7 Å². The first kappa shape index (κ1) is 27.1. The van der Waals surface area contributed by atoms with Gasteiger partial charge in [0.2, 0.25) is 5.91 Å². The molecule has 1 aliphatic heterocycles.